The third-order valence-electron chi connectivity index (χ3n) is 5.60. The molecule has 4 aromatic heterocycles. The van der Waals surface area contributed by atoms with E-state index >= 15 is 0 Å². The Kier molecular flexibility index (Phi) is 5.07. The van der Waals surface area contributed by atoms with E-state index < -0.39 is 0 Å². The van der Waals surface area contributed by atoms with Crippen molar-refractivity contribution < 1.29 is 4.79 Å². The molecule has 1 aromatic carbocycles. The number of rotatable bonds is 5. The number of nitrogens with zero attached hydrogens (tertiary/aromatic N) is 6. The van der Waals surface area contributed by atoms with Gasteiger partial charge in [0.2, 0.25) is 0 Å². The van der Waals surface area contributed by atoms with E-state index in [2.05, 4.69) is 53.1 Å². The van der Waals surface area contributed by atoms with Crippen LogP contribution in [0.1, 0.15) is 44.6 Å². The number of aromatic nitrogens is 7. The second-order valence-corrected chi connectivity index (χ2v) is 9.29. The zero-order valence-electron chi connectivity index (χ0n) is 19.6. The Morgan fingerprint density at radius 2 is 1.97 bits per heavy atom. The van der Waals surface area contributed by atoms with Crippen LogP contribution >= 0.6 is 0 Å². The first kappa shape index (κ1) is 21.6. The minimum absolute atomic E-state index is 0.250. The number of benzene rings is 1. The van der Waals surface area contributed by atoms with Gasteiger partial charge in [-0.05, 0) is 39.3 Å². The maximum absolute atomic E-state index is 12.8. The SMILES string of the molecule is CCCn1ccc(NC(=O)c2cc3ccc(-c4nn(C(C)(C)C)c5ncnc(N)c45)cc3[nH]2)n1. The number of H-pyrrole nitrogens is 1. The van der Waals surface area contributed by atoms with Crippen molar-refractivity contribution in [3.8, 4) is 11.3 Å². The molecule has 174 valence electrons. The Hall–Kier alpha value is -4.21. The summed E-state index contributed by atoms with van der Waals surface area (Å²) in [6.07, 6.45) is 4.28. The number of carbonyl (C=O) groups excluding carboxylic acids is 1. The fourth-order valence-electron chi connectivity index (χ4n) is 4.01. The van der Waals surface area contributed by atoms with Crippen molar-refractivity contribution in [3.63, 3.8) is 0 Å². The maximum atomic E-state index is 12.8. The smallest absolute Gasteiger partial charge is 0.273 e. The quantitative estimate of drug-likeness (QED) is 0.363. The number of fused-ring (bicyclic) bond motifs is 2. The van der Waals surface area contributed by atoms with Crippen molar-refractivity contribution in [2.75, 3.05) is 11.1 Å². The molecule has 5 rings (SSSR count). The molecule has 0 saturated carbocycles. The van der Waals surface area contributed by atoms with Crippen molar-refractivity contribution in [1.29, 1.82) is 0 Å². The molecule has 10 heteroatoms. The third kappa shape index (κ3) is 3.76. The number of amides is 1. The van der Waals surface area contributed by atoms with Gasteiger partial charge in [-0.2, -0.15) is 10.2 Å². The van der Waals surface area contributed by atoms with Crippen LogP contribution in [0.25, 0.3) is 33.2 Å². The fraction of sp³-hybridized carbons (Fsp3) is 0.292. The Bertz CT molecular complexity index is 1520. The van der Waals surface area contributed by atoms with Gasteiger partial charge in [-0.15, -0.1) is 0 Å². The molecule has 0 bridgehead atoms. The van der Waals surface area contributed by atoms with Gasteiger partial charge in [-0.3, -0.25) is 9.48 Å². The summed E-state index contributed by atoms with van der Waals surface area (Å²) in [5.41, 5.74) is 9.44. The molecule has 4 heterocycles. The molecule has 4 N–H and O–H groups in total. The van der Waals surface area contributed by atoms with Crippen molar-refractivity contribution in [2.24, 2.45) is 0 Å². The molecule has 0 unspecified atom stereocenters. The monoisotopic (exact) mass is 457 g/mol. The molecule has 10 nitrogen and oxygen atoms in total. The molecular formula is C24H27N9O. The van der Waals surface area contributed by atoms with E-state index in [1.54, 1.807) is 6.07 Å². The number of anilines is 2. The Balaban J connectivity index is 1.51. The summed E-state index contributed by atoms with van der Waals surface area (Å²) in [6, 6.07) is 9.49. The summed E-state index contributed by atoms with van der Waals surface area (Å²) in [7, 11) is 0. The van der Waals surface area contributed by atoms with Crippen molar-refractivity contribution in [1.82, 2.24) is 34.5 Å². The largest absolute Gasteiger partial charge is 0.383 e. The maximum Gasteiger partial charge on any atom is 0.273 e. The van der Waals surface area contributed by atoms with Gasteiger partial charge >= 0.3 is 0 Å². The van der Waals surface area contributed by atoms with Gasteiger partial charge in [-0.1, -0.05) is 19.1 Å². The lowest BCUT2D eigenvalue weighted by molar-refractivity contribution is 0.102. The first-order valence-corrected chi connectivity index (χ1v) is 11.2. The highest BCUT2D eigenvalue weighted by molar-refractivity contribution is 6.06. The minimum atomic E-state index is -0.288. The Morgan fingerprint density at radius 3 is 2.74 bits per heavy atom. The fourth-order valence-corrected chi connectivity index (χ4v) is 4.01. The van der Waals surface area contributed by atoms with E-state index in [4.69, 9.17) is 10.8 Å². The van der Waals surface area contributed by atoms with Crippen molar-refractivity contribution in [2.45, 2.75) is 46.2 Å². The van der Waals surface area contributed by atoms with Gasteiger partial charge in [0.15, 0.2) is 11.5 Å². The molecule has 0 atom stereocenters. The number of nitrogen functional groups attached to an aromatic ring is 1. The molecule has 5 aromatic rings. The number of carbonyl (C=O) groups is 1. The van der Waals surface area contributed by atoms with Crippen LogP contribution in [0.3, 0.4) is 0 Å². The molecule has 0 aliphatic heterocycles. The van der Waals surface area contributed by atoms with Crippen molar-refractivity contribution >= 4 is 39.5 Å². The number of aryl methyl sites for hydroxylation is 1. The van der Waals surface area contributed by atoms with E-state index in [0.717, 1.165) is 29.4 Å². The summed E-state index contributed by atoms with van der Waals surface area (Å²) in [4.78, 5) is 24.6. The predicted molar refractivity (Wildman–Crippen MR) is 132 cm³/mol. The molecule has 0 fully saturated rings. The average molecular weight is 458 g/mol. The lowest BCUT2D eigenvalue weighted by Crippen LogP contribution is -2.23. The van der Waals surface area contributed by atoms with Gasteiger partial charge in [-0.25, -0.2) is 14.6 Å². The van der Waals surface area contributed by atoms with Gasteiger partial charge in [0.05, 0.1) is 10.9 Å². The lowest BCUT2D eigenvalue weighted by Gasteiger charge is -2.19. The predicted octanol–water partition coefficient (Wildman–Crippen LogP) is 4.17. The van der Waals surface area contributed by atoms with E-state index in [0.29, 0.717) is 34.1 Å². The van der Waals surface area contributed by atoms with Gasteiger partial charge < -0.3 is 16.0 Å². The van der Waals surface area contributed by atoms with Crippen LogP contribution in [0.15, 0.2) is 42.9 Å². The Morgan fingerprint density at radius 1 is 1.15 bits per heavy atom. The molecule has 0 radical (unpaired) electrons. The van der Waals surface area contributed by atoms with Crippen LogP contribution in [0.2, 0.25) is 0 Å². The van der Waals surface area contributed by atoms with Crippen LogP contribution in [0.4, 0.5) is 11.6 Å². The second-order valence-electron chi connectivity index (χ2n) is 9.29. The molecule has 0 aliphatic rings. The van der Waals surface area contributed by atoms with E-state index in [9.17, 15) is 4.79 Å². The number of nitrogens with one attached hydrogen (secondary N) is 2. The second kappa shape index (κ2) is 7.98. The number of hydrogen-bond acceptors (Lipinski definition) is 6. The van der Waals surface area contributed by atoms with E-state index in [1.807, 2.05) is 39.8 Å². The van der Waals surface area contributed by atoms with E-state index in [1.165, 1.54) is 6.33 Å². The molecule has 0 aliphatic carbocycles. The lowest BCUT2D eigenvalue weighted by atomic mass is 10.1. The minimum Gasteiger partial charge on any atom is -0.383 e. The van der Waals surface area contributed by atoms with E-state index in [-0.39, 0.29) is 11.4 Å². The highest BCUT2D eigenvalue weighted by atomic mass is 16.2. The normalized spacial score (nSPS) is 12.0. The topological polar surface area (TPSA) is 132 Å². The Labute approximate surface area is 196 Å². The summed E-state index contributed by atoms with van der Waals surface area (Å²) in [6.45, 7) is 9.07. The summed E-state index contributed by atoms with van der Waals surface area (Å²) in [5.74, 6) is 0.650. The van der Waals surface area contributed by atoms with Crippen LogP contribution in [0.5, 0.6) is 0 Å². The highest BCUT2D eigenvalue weighted by Crippen LogP contribution is 2.34. The molecule has 34 heavy (non-hydrogen) atoms. The average Bonchev–Trinajstić information content (AvgIpc) is 3.50. The van der Waals surface area contributed by atoms with Crippen molar-refractivity contribution in [3.05, 3.63) is 48.5 Å². The first-order chi connectivity index (χ1) is 16.2. The number of nitrogens with two attached hydrogens (primary N) is 1. The van der Waals surface area contributed by atoms with Crippen LogP contribution < -0.4 is 11.1 Å². The van der Waals surface area contributed by atoms with Crippen LogP contribution in [-0.4, -0.2) is 40.4 Å². The third-order valence-corrected chi connectivity index (χ3v) is 5.60. The van der Waals surface area contributed by atoms with Gasteiger partial charge in [0.1, 0.15) is 23.5 Å². The first-order valence-electron chi connectivity index (χ1n) is 11.2. The zero-order chi connectivity index (χ0) is 24.0. The molecule has 0 saturated heterocycles. The molecule has 0 spiro atoms. The van der Waals surface area contributed by atoms with Crippen LogP contribution in [-0.2, 0) is 12.1 Å². The standard InChI is InChI=1S/C24H27N9O/c1-5-9-32-10-8-18(30-32)29-23(34)17-11-14-6-7-15(12-16(14)28-17)20-19-21(25)26-13-27-22(19)33(31-20)24(2,3)4/h6-8,10-13,28H,5,9H2,1-4H3,(H2,25,26,27)(H,29,30,34). The summed E-state index contributed by atoms with van der Waals surface area (Å²) < 4.78 is 3.68. The molecule has 1 amide bonds. The van der Waals surface area contributed by atoms with Gasteiger partial charge in [0.25, 0.3) is 5.91 Å². The summed E-state index contributed by atoms with van der Waals surface area (Å²) in [5, 5.41) is 13.7. The molecular weight excluding hydrogens is 430 g/mol. The summed E-state index contributed by atoms with van der Waals surface area (Å²) >= 11 is 0. The zero-order valence-corrected chi connectivity index (χ0v) is 19.6. The number of aromatic amines is 1. The van der Waals surface area contributed by atoms with Gasteiger partial charge in [0, 0.05) is 35.3 Å². The number of hydrogen-bond donors (Lipinski definition) is 3. The van der Waals surface area contributed by atoms with Crippen LogP contribution in [0, 0.1) is 0 Å². The highest BCUT2D eigenvalue weighted by Gasteiger charge is 2.24.